The average molecular weight is 192 g/mol. The van der Waals surface area contributed by atoms with E-state index in [4.69, 9.17) is 4.55 Å². The van der Waals surface area contributed by atoms with Crippen molar-refractivity contribution in [3.05, 3.63) is 0 Å². The molecule has 0 saturated heterocycles. The van der Waals surface area contributed by atoms with Crippen LogP contribution in [0.5, 0.6) is 0 Å². The summed E-state index contributed by atoms with van der Waals surface area (Å²) >= 11 is -2.52. The number of hydrogen-bond acceptors (Lipinski definition) is 4. The van der Waals surface area contributed by atoms with Crippen LogP contribution in [0, 0.1) is 11.8 Å². The Balaban J connectivity index is 4.29. The quantitative estimate of drug-likeness (QED) is 0.377. The van der Waals surface area contributed by atoms with E-state index >= 15 is 0 Å². The molecule has 0 saturated carbocycles. The van der Waals surface area contributed by atoms with Crippen molar-refractivity contribution >= 4 is 17.3 Å². The molecule has 0 rings (SSSR count). The fraction of sp³-hybridized carbons (Fsp3) is 0.500. The maximum Gasteiger partial charge on any atom is 0.349 e. The normalized spacial score (nSPS) is 13.9. The molecule has 0 fully saturated rings. The topological polar surface area (TPSA) is 72.8 Å². The van der Waals surface area contributed by atoms with Crippen molar-refractivity contribution in [1.29, 1.82) is 0 Å². The van der Waals surface area contributed by atoms with Gasteiger partial charge >= 0.3 is 17.3 Å². The van der Waals surface area contributed by atoms with Crippen molar-refractivity contribution in [1.82, 2.24) is 0 Å². The van der Waals surface area contributed by atoms with Crippen LogP contribution in [-0.2, 0) is 25.1 Å². The molecule has 1 N–H and O–H groups in total. The zero-order chi connectivity index (χ0) is 9.56. The van der Waals surface area contributed by atoms with Gasteiger partial charge in [-0.25, -0.2) is 8.98 Å². The molecule has 0 aliphatic rings. The van der Waals surface area contributed by atoms with Crippen LogP contribution < -0.4 is 0 Å². The second-order valence-corrected chi connectivity index (χ2v) is 2.24. The Morgan fingerprint density at radius 1 is 1.67 bits per heavy atom. The lowest BCUT2D eigenvalue weighted by Gasteiger charge is -2.04. The molecule has 0 aromatic carbocycles. The van der Waals surface area contributed by atoms with Crippen molar-refractivity contribution in [3.63, 3.8) is 0 Å². The Labute approximate surface area is 72.5 Å². The van der Waals surface area contributed by atoms with Crippen LogP contribution in [0.15, 0.2) is 0 Å². The van der Waals surface area contributed by atoms with Gasteiger partial charge in [0.2, 0.25) is 6.10 Å². The van der Waals surface area contributed by atoms with E-state index in [0.29, 0.717) is 0 Å². The lowest BCUT2D eigenvalue weighted by Crippen LogP contribution is -2.24. The number of carbonyl (C=O) groups excluding carboxylic acids is 1. The first-order valence-corrected chi connectivity index (χ1v) is 3.93. The molecule has 2 atom stereocenters. The van der Waals surface area contributed by atoms with Crippen LogP contribution in [0.3, 0.4) is 0 Å². The monoisotopic (exact) mass is 192 g/mol. The van der Waals surface area contributed by atoms with Crippen molar-refractivity contribution < 1.29 is 22.5 Å². The summed E-state index contributed by atoms with van der Waals surface area (Å²) in [6.07, 6.45) is -1.30. The highest BCUT2D eigenvalue weighted by Crippen LogP contribution is 1.95. The Bertz CT molecular complexity index is 238. The maximum atomic E-state index is 10.7. The predicted molar refractivity (Wildman–Crippen MR) is 41.1 cm³/mol. The van der Waals surface area contributed by atoms with E-state index in [9.17, 15) is 9.00 Å². The minimum absolute atomic E-state index is 0.799. The molecule has 0 radical (unpaired) electrons. The first-order chi connectivity index (χ1) is 5.61. The van der Waals surface area contributed by atoms with Crippen molar-refractivity contribution in [2.75, 3.05) is 7.11 Å². The van der Waals surface area contributed by atoms with Gasteiger partial charge in [-0.2, -0.15) is 4.21 Å². The standard InChI is InChI=1S/C6H8O5S/c1-3-4-5(6(7)10-2)11-12(8)9/h5H,1-2H3,(H,8,9). The Morgan fingerprint density at radius 2 is 2.25 bits per heavy atom. The summed E-state index contributed by atoms with van der Waals surface area (Å²) in [7, 11) is 1.14. The highest BCUT2D eigenvalue weighted by atomic mass is 32.2. The van der Waals surface area contributed by atoms with Gasteiger partial charge in [0.15, 0.2) is 0 Å². The van der Waals surface area contributed by atoms with Crippen LogP contribution in [0.4, 0.5) is 0 Å². The van der Waals surface area contributed by atoms with E-state index < -0.39 is 23.4 Å². The third-order valence-electron chi connectivity index (χ3n) is 0.869. The summed E-state index contributed by atoms with van der Waals surface area (Å²) in [5.41, 5.74) is 0. The molecular weight excluding hydrogens is 184 g/mol. The van der Waals surface area contributed by atoms with E-state index in [1.807, 2.05) is 0 Å². The number of esters is 1. The van der Waals surface area contributed by atoms with Gasteiger partial charge < -0.3 is 4.74 Å². The van der Waals surface area contributed by atoms with Gasteiger partial charge in [-0.1, -0.05) is 5.92 Å². The van der Waals surface area contributed by atoms with Gasteiger partial charge in [-0.05, 0) is 6.92 Å². The molecule has 0 aromatic rings. The van der Waals surface area contributed by atoms with E-state index in [1.54, 1.807) is 0 Å². The van der Waals surface area contributed by atoms with Crippen molar-refractivity contribution in [3.8, 4) is 11.8 Å². The number of hydrogen-bond donors (Lipinski definition) is 1. The van der Waals surface area contributed by atoms with Gasteiger partial charge in [0.05, 0.1) is 7.11 Å². The van der Waals surface area contributed by atoms with E-state index in [1.165, 1.54) is 6.92 Å². The number of methoxy groups -OCH3 is 1. The molecular formula is C6H8O5S. The third-order valence-corrected chi connectivity index (χ3v) is 1.23. The van der Waals surface area contributed by atoms with Crippen LogP contribution in [0.2, 0.25) is 0 Å². The van der Waals surface area contributed by atoms with Gasteiger partial charge in [0.25, 0.3) is 0 Å². The first kappa shape index (κ1) is 11.1. The van der Waals surface area contributed by atoms with Gasteiger partial charge in [0.1, 0.15) is 0 Å². The highest BCUT2D eigenvalue weighted by molar-refractivity contribution is 7.74. The third kappa shape index (κ3) is 4.08. The number of rotatable bonds is 3. The van der Waals surface area contributed by atoms with Crippen molar-refractivity contribution in [2.24, 2.45) is 0 Å². The molecule has 0 amide bonds. The SMILES string of the molecule is CC#CC(OS(=O)O)C(=O)OC. The molecule has 0 heterocycles. The summed E-state index contributed by atoms with van der Waals surface area (Å²) in [6, 6.07) is 0. The van der Waals surface area contributed by atoms with Crippen LogP contribution in [0.1, 0.15) is 6.92 Å². The number of carbonyl (C=O) groups is 1. The summed E-state index contributed by atoms with van der Waals surface area (Å²) in [6.45, 7) is 1.47. The summed E-state index contributed by atoms with van der Waals surface area (Å²) in [5.74, 6) is 3.83. The van der Waals surface area contributed by atoms with E-state index in [2.05, 4.69) is 20.8 Å². The molecule has 5 nitrogen and oxygen atoms in total. The fourth-order valence-electron chi connectivity index (χ4n) is 0.443. The lowest BCUT2D eigenvalue weighted by molar-refractivity contribution is -0.146. The molecule has 0 aliphatic heterocycles. The van der Waals surface area contributed by atoms with Crippen LogP contribution in [0.25, 0.3) is 0 Å². The van der Waals surface area contributed by atoms with E-state index in [-0.39, 0.29) is 0 Å². The fourth-order valence-corrected chi connectivity index (χ4v) is 0.734. The largest absolute Gasteiger partial charge is 0.466 e. The van der Waals surface area contributed by atoms with Crippen molar-refractivity contribution in [2.45, 2.75) is 13.0 Å². The Morgan fingerprint density at radius 3 is 2.58 bits per heavy atom. The Hall–Kier alpha value is -0.900. The lowest BCUT2D eigenvalue weighted by atomic mass is 10.4. The smallest absolute Gasteiger partial charge is 0.349 e. The van der Waals surface area contributed by atoms with E-state index in [0.717, 1.165) is 7.11 Å². The maximum absolute atomic E-state index is 10.7. The average Bonchev–Trinajstić information content (AvgIpc) is 2.01. The number of ether oxygens (including phenoxy) is 1. The minimum Gasteiger partial charge on any atom is -0.466 e. The second kappa shape index (κ2) is 5.71. The molecule has 0 spiro atoms. The summed E-state index contributed by atoms with van der Waals surface area (Å²) < 4.78 is 26.9. The molecule has 68 valence electrons. The Kier molecular flexibility index (Phi) is 5.28. The second-order valence-electron chi connectivity index (χ2n) is 1.61. The molecule has 0 aromatic heterocycles. The van der Waals surface area contributed by atoms with Crippen LogP contribution >= 0.6 is 0 Å². The van der Waals surface area contributed by atoms with Gasteiger partial charge in [-0.15, -0.1) is 5.92 Å². The van der Waals surface area contributed by atoms with Gasteiger partial charge in [-0.3, -0.25) is 4.55 Å². The van der Waals surface area contributed by atoms with Gasteiger partial charge in [0, 0.05) is 0 Å². The van der Waals surface area contributed by atoms with Crippen LogP contribution in [-0.4, -0.2) is 27.9 Å². The predicted octanol–water partition coefficient (Wildman–Crippen LogP) is -0.295. The minimum atomic E-state index is -2.52. The summed E-state index contributed by atoms with van der Waals surface area (Å²) in [5, 5.41) is 0. The highest BCUT2D eigenvalue weighted by Gasteiger charge is 2.19. The molecule has 12 heavy (non-hydrogen) atoms. The first-order valence-electron chi connectivity index (χ1n) is 2.90. The zero-order valence-corrected chi connectivity index (χ0v) is 7.38. The molecule has 0 aliphatic carbocycles. The molecule has 6 heteroatoms. The molecule has 2 unspecified atom stereocenters. The molecule has 0 bridgehead atoms. The summed E-state index contributed by atoms with van der Waals surface area (Å²) in [4.78, 5) is 10.7. The zero-order valence-electron chi connectivity index (χ0n) is 6.57.